The van der Waals surface area contributed by atoms with Crippen molar-refractivity contribution in [2.45, 2.75) is 6.23 Å². The lowest BCUT2D eigenvalue weighted by Gasteiger charge is -2.29. The highest BCUT2D eigenvalue weighted by atomic mass is 16.3. The Hall–Kier alpha value is -0.240. The van der Waals surface area contributed by atoms with Gasteiger partial charge in [0.05, 0.1) is 6.61 Å². The third-order valence-electron chi connectivity index (χ3n) is 2.61. The van der Waals surface area contributed by atoms with Gasteiger partial charge in [0.15, 0.2) is 0 Å². The lowest BCUT2D eigenvalue weighted by molar-refractivity contribution is 0.0468. The summed E-state index contributed by atoms with van der Waals surface area (Å²) in [6.45, 7) is 7.74. The van der Waals surface area contributed by atoms with E-state index in [0.29, 0.717) is 13.1 Å². The molecule has 2 saturated heterocycles. The van der Waals surface area contributed by atoms with E-state index in [1.54, 1.807) is 0 Å². The molecule has 96 valence electrons. The zero-order valence-corrected chi connectivity index (χ0v) is 9.78. The van der Waals surface area contributed by atoms with Gasteiger partial charge in [-0.2, -0.15) is 0 Å². The van der Waals surface area contributed by atoms with Crippen molar-refractivity contribution >= 4 is 0 Å². The summed E-state index contributed by atoms with van der Waals surface area (Å²) in [5.74, 6) is 0. The fraction of sp³-hybridized carbons (Fsp3) is 1.00. The number of rotatable bonds is 2. The van der Waals surface area contributed by atoms with E-state index >= 15 is 0 Å². The van der Waals surface area contributed by atoms with Gasteiger partial charge in [0, 0.05) is 52.4 Å². The van der Waals surface area contributed by atoms with Crippen molar-refractivity contribution < 1.29 is 10.2 Å². The molecule has 1 unspecified atom stereocenters. The van der Waals surface area contributed by atoms with Gasteiger partial charge in [-0.15, -0.1) is 0 Å². The largest absolute Gasteiger partial charge is 0.395 e. The standard InChI is InChI=1S/C6H14N2O2.C4H10N2/c9-4-3-8-2-1-7-6(10)5-8;1-2-6-4-3-5-1/h6-7,9-10H,1-5H2;5-6H,1-4H2. The number of hydrogen-bond donors (Lipinski definition) is 5. The van der Waals surface area contributed by atoms with Crippen LogP contribution in [0.15, 0.2) is 0 Å². The summed E-state index contributed by atoms with van der Waals surface area (Å²) < 4.78 is 0. The number of nitrogens with zero attached hydrogens (tertiary/aromatic N) is 1. The summed E-state index contributed by atoms with van der Waals surface area (Å²) in [7, 11) is 0. The van der Waals surface area contributed by atoms with Gasteiger partial charge in [-0.3, -0.25) is 10.2 Å². The molecule has 6 nitrogen and oxygen atoms in total. The van der Waals surface area contributed by atoms with Gasteiger partial charge < -0.3 is 20.8 Å². The highest BCUT2D eigenvalue weighted by Gasteiger charge is 2.15. The van der Waals surface area contributed by atoms with Crippen molar-refractivity contribution in [3.8, 4) is 0 Å². The van der Waals surface area contributed by atoms with Gasteiger partial charge >= 0.3 is 0 Å². The van der Waals surface area contributed by atoms with Crippen LogP contribution >= 0.6 is 0 Å². The summed E-state index contributed by atoms with van der Waals surface area (Å²) in [5, 5.41) is 27.0. The smallest absolute Gasteiger partial charge is 0.117 e. The Kier molecular flexibility index (Phi) is 7.65. The summed E-state index contributed by atoms with van der Waals surface area (Å²) in [4.78, 5) is 2.03. The lowest BCUT2D eigenvalue weighted by Crippen LogP contribution is -2.51. The van der Waals surface area contributed by atoms with Crippen LogP contribution in [0.5, 0.6) is 0 Å². The highest BCUT2D eigenvalue weighted by molar-refractivity contribution is 4.70. The molecule has 1 atom stereocenters. The first-order chi connectivity index (χ1) is 7.83. The highest BCUT2D eigenvalue weighted by Crippen LogP contribution is 1.94. The maximum absolute atomic E-state index is 9.07. The third-order valence-corrected chi connectivity index (χ3v) is 2.61. The van der Waals surface area contributed by atoms with Crippen molar-refractivity contribution in [2.24, 2.45) is 0 Å². The fourth-order valence-corrected chi connectivity index (χ4v) is 1.74. The summed E-state index contributed by atoms with van der Waals surface area (Å²) in [6.07, 6.45) is -0.416. The number of aliphatic hydroxyl groups is 2. The van der Waals surface area contributed by atoms with E-state index in [9.17, 15) is 0 Å². The van der Waals surface area contributed by atoms with Crippen LogP contribution in [-0.2, 0) is 0 Å². The van der Waals surface area contributed by atoms with Crippen molar-refractivity contribution in [1.29, 1.82) is 0 Å². The predicted molar refractivity (Wildman–Crippen MR) is 63.3 cm³/mol. The number of nitrogens with one attached hydrogen (secondary N) is 3. The topological polar surface area (TPSA) is 79.8 Å². The number of piperazine rings is 2. The summed E-state index contributed by atoms with van der Waals surface area (Å²) in [5.41, 5.74) is 0. The van der Waals surface area contributed by atoms with Crippen LogP contribution in [0.25, 0.3) is 0 Å². The average Bonchev–Trinajstić information content (AvgIpc) is 2.33. The van der Waals surface area contributed by atoms with Crippen LogP contribution in [0.4, 0.5) is 0 Å². The van der Waals surface area contributed by atoms with E-state index < -0.39 is 6.23 Å². The molecule has 0 amide bonds. The van der Waals surface area contributed by atoms with Gasteiger partial charge in [-0.25, -0.2) is 0 Å². The fourth-order valence-electron chi connectivity index (χ4n) is 1.74. The minimum absolute atomic E-state index is 0.173. The second kappa shape index (κ2) is 8.86. The Balaban J connectivity index is 0.000000181. The normalized spacial score (nSPS) is 27.0. The van der Waals surface area contributed by atoms with Crippen LogP contribution in [0.2, 0.25) is 0 Å². The van der Waals surface area contributed by atoms with Crippen LogP contribution in [0.3, 0.4) is 0 Å². The van der Waals surface area contributed by atoms with Gasteiger partial charge in [0.25, 0.3) is 0 Å². The Bertz CT molecular complexity index is 153. The maximum Gasteiger partial charge on any atom is 0.117 e. The molecule has 0 radical (unpaired) electrons. The number of aliphatic hydroxyl groups excluding tert-OH is 2. The second-order valence-electron chi connectivity index (χ2n) is 3.99. The quantitative estimate of drug-likeness (QED) is 0.359. The average molecular weight is 232 g/mol. The minimum Gasteiger partial charge on any atom is -0.395 e. The van der Waals surface area contributed by atoms with E-state index in [1.165, 1.54) is 0 Å². The van der Waals surface area contributed by atoms with E-state index in [4.69, 9.17) is 10.2 Å². The zero-order chi connectivity index (χ0) is 11.6. The molecule has 0 aromatic rings. The predicted octanol–water partition coefficient (Wildman–Crippen LogP) is -2.62. The SMILES string of the molecule is C1CNCCN1.OCCN1CCNC(O)C1. The van der Waals surface area contributed by atoms with E-state index in [2.05, 4.69) is 16.0 Å². The number of hydrogen-bond acceptors (Lipinski definition) is 6. The minimum atomic E-state index is -0.416. The molecule has 2 rings (SSSR count). The van der Waals surface area contributed by atoms with Crippen molar-refractivity contribution in [1.82, 2.24) is 20.9 Å². The molecule has 2 aliphatic rings. The zero-order valence-electron chi connectivity index (χ0n) is 9.78. The lowest BCUT2D eigenvalue weighted by atomic mass is 10.3. The molecule has 5 N–H and O–H groups in total. The molecule has 6 heteroatoms. The third kappa shape index (κ3) is 6.37. The van der Waals surface area contributed by atoms with Crippen LogP contribution in [0, 0.1) is 0 Å². The van der Waals surface area contributed by atoms with E-state index in [0.717, 1.165) is 39.3 Å². The Morgan fingerprint density at radius 2 is 1.69 bits per heavy atom. The Labute approximate surface area is 97.0 Å². The first-order valence-electron chi connectivity index (χ1n) is 5.99. The van der Waals surface area contributed by atoms with E-state index in [1.807, 2.05) is 4.90 Å². The van der Waals surface area contributed by atoms with Gasteiger partial charge in [-0.1, -0.05) is 0 Å². The molecule has 0 aromatic carbocycles. The van der Waals surface area contributed by atoms with Crippen LogP contribution in [-0.4, -0.2) is 80.3 Å². The van der Waals surface area contributed by atoms with Crippen molar-refractivity contribution in [2.75, 3.05) is 59.0 Å². The van der Waals surface area contributed by atoms with Crippen molar-refractivity contribution in [3.63, 3.8) is 0 Å². The second-order valence-corrected chi connectivity index (χ2v) is 3.99. The van der Waals surface area contributed by atoms with Gasteiger partial charge in [0.2, 0.25) is 0 Å². The summed E-state index contributed by atoms with van der Waals surface area (Å²) in [6, 6.07) is 0. The van der Waals surface area contributed by atoms with Crippen LogP contribution < -0.4 is 16.0 Å². The summed E-state index contributed by atoms with van der Waals surface area (Å²) >= 11 is 0. The monoisotopic (exact) mass is 232 g/mol. The molecular formula is C10H24N4O2. The molecular weight excluding hydrogens is 208 g/mol. The molecule has 0 aromatic heterocycles. The van der Waals surface area contributed by atoms with Gasteiger partial charge in [0.1, 0.15) is 6.23 Å². The van der Waals surface area contributed by atoms with Gasteiger partial charge in [-0.05, 0) is 0 Å². The Morgan fingerprint density at radius 1 is 1.06 bits per heavy atom. The maximum atomic E-state index is 9.07. The first kappa shape index (κ1) is 13.8. The first-order valence-corrected chi connectivity index (χ1v) is 5.99. The molecule has 2 aliphatic heterocycles. The molecule has 0 aliphatic carbocycles. The van der Waals surface area contributed by atoms with Crippen molar-refractivity contribution in [3.05, 3.63) is 0 Å². The molecule has 0 saturated carbocycles. The molecule has 0 bridgehead atoms. The Morgan fingerprint density at radius 3 is 2.12 bits per heavy atom. The number of β-amino-alcohol motifs (C(OH)–C–C–N with tert-alkyl or cyclic N) is 2. The van der Waals surface area contributed by atoms with E-state index in [-0.39, 0.29) is 6.61 Å². The molecule has 0 spiro atoms. The van der Waals surface area contributed by atoms with Crippen LogP contribution in [0.1, 0.15) is 0 Å². The molecule has 2 heterocycles. The molecule has 16 heavy (non-hydrogen) atoms. The molecule has 2 fully saturated rings.